The normalized spacial score (nSPS) is 15.3. The third-order valence-electron chi connectivity index (χ3n) is 2.26. The highest BCUT2D eigenvalue weighted by atomic mass is 16.4. The summed E-state index contributed by atoms with van der Waals surface area (Å²) in [5.74, 6) is -3.06. The first kappa shape index (κ1) is 15.8. The number of aliphatic hydroxyl groups excluding tert-OH is 3. The Morgan fingerprint density at radius 1 is 1.00 bits per heavy atom. The van der Waals surface area contributed by atoms with Gasteiger partial charge in [0.15, 0.2) is 0 Å². The van der Waals surface area contributed by atoms with Crippen molar-refractivity contribution in [3.05, 3.63) is 31.3 Å². The molecule has 18 heavy (non-hydrogen) atoms. The van der Waals surface area contributed by atoms with Crippen LogP contribution >= 0.6 is 0 Å². The molecule has 0 fully saturated rings. The summed E-state index contributed by atoms with van der Waals surface area (Å²) in [6.45, 7) is -2.39. The summed E-state index contributed by atoms with van der Waals surface area (Å²) in [5, 5.41) is 45.8. The third-order valence-corrected chi connectivity index (χ3v) is 2.26. The van der Waals surface area contributed by atoms with E-state index in [0.717, 1.165) is 0 Å². The van der Waals surface area contributed by atoms with Crippen LogP contribution in [0.1, 0.15) is 0 Å². The van der Waals surface area contributed by atoms with E-state index in [1.165, 1.54) is 0 Å². The van der Waals surface area contributed by atoms with Gasteiger partial charge in [-0.1, -0.05) is 15.3 Å². The monoisotopic (exact) mass is 259 g/mol. The first-order valence-electron chi connectivity index (χ1n) is 4.27. The van der Waals surface area contributed by atoms with E-state index in [-0.39, 0.29) is 0 Å². The first-order valence-corrected chi connectivity index (χ1v) is 4.27. The molecule has 0 saturated heterocycles. The minimum atomic E-state index is -3.06. The fourth-order valence-corrected chi connectivity index (χ4v) is 1.10. The second-order valence-corrected chi connectivity index (χ2v) is 3.07. The largest absolute Gasteiger partial charge is 0.395 e. The highest BCUT2D eigenvalue weighted by Gasteiger charge is 2.54. The maximum Gasteiger partial charge on any atom is 0.235 e. The zero-order valence-corrected chi connectivity index (χ0v) is 8.81. The Morgan fingerprint density at radius 3 is 1.72 bits per heavy atom. The first-order chi connectivity index (χ1) is 8.47. The van der Waals surface area contributed by atoms with Gasteiger partial charge in [-0.25, -0.2) is 0 Å². The maximum atomic E-state index is 9.81. The van der Waals surface area contributed by atoms with Crippen molar-refractivity contribution in [2.24, 2.45) is 20.8 Å². The summed E-state index contributed by atoms with van der Waals surface area (Å²) in [5.41, 5.74) is 22.2. The Morgan fingerprint density at radius 2 is 1.44 bits per heavy atom. The fraction of sp³-hybridized carbons (Fsp3) is 1.00. The quantitative estimate of drug-likeness (QED) is 0.277. The second kappa shape index (κ2) is 6.49. The van der Waals surface area contributed by atoms with Gasteiger partial charge in [0.1, 0.15) is 6.23 Å². The molecule has 1 atom stereocenters. The van der Waals surface area contributed by atoms with Crippen molar-refractivity contribution >= 4 is 0 Å². The number of aliphatic hydroxyl groups is 4. The van der Waals surface area contributed by atoms with E-state index in [1.807, 2.05) is 0 Å². The average Bonchev–Trinajstić information content (AvgIpc) is 2.32. The van der Waals surface area contributed by atoms with Gasteiger partial charge in [-0.05, 0) is 16.6 Å². The molecule has 0 radical (unpaired) electrons. The number of azide groups is 2. The predicted molar refractivity (Wildman–Crippen MR) is 55.0 cm³/mol. The minimum Gasteiger partial charge on any atom is -0.395 e. The zero-order chi connectivity index (χ0) is 14.2. The van der Waals surface area contributed by atoms with Crippen LogP contribution in [0, 0.1) is 5.41 Å². The molecule has 1 unspecified atom stereocenters. The van der Waals surface area contributed by atoms with Crippen LogP contribution in [0.4, 0.5) is 0 Å². The molecule has 4 N–H and O–H groups in total. The summed E-state index contributed by atoms with van der Waals surface area (Å²) >= 11 is 0. The van der Waals surface area contributed by atoms with Crippen LogP contribution in [-0.2, 0) is 0 Å². The van der Waals surface area contributed by atoms with E-state index < -0.39 is 30.7 Å². The smallest absolute Gasteiger partial charge is 0.235 e. The second-order valence-electron chi connectivity index (χ2n) is 3.07. The average molecular weight is 259 g/mol. The van der Waals surface area contributed by atoms with Gasteiger partial charge in [0.25, 0.3) is 0 Å². The van der Waals surface area contributed by atoms with Gasteiger partial charge in [0, 0.05) is 14.7 Å². The van der Waals surface area contributed by atoms with Gasteiger partial charge in [0.2, 0.25) is 5.85 Å². The van der Waals surface area contributed by atoms with Gasteiger partial charge < -0.3 is 20.4 Å². The van der Waals surface area contributed by atoms with Crippen molar-refractivity contribution in [1.82, 2.24) is 0 Å². The summed E-state index contributed by atoms with van der Waals surface area (Å²) in [4.78, 5) is 6.55. The van der Waals surface area contributed by atoms with Crippen LogP contribution in [0.15, 0.2) is 15.3 Å². The molecule has 0 aliphatic heterocycles. The Kier molecular flexibility index (Phi) is 5.69. The lowest BCUT2D eigenvalue weighted by Gasteiger charge is -2.40. The molecule has 0 spiro atoms. The Bertz CT molecular complexity index is 410. The molecule has 0 aliphatic carbocycles. The SMILES string of the molecule is [N-]=[N+]=NC(O)C(CO)(CO)C(O)(N=[N+]=[N-])N=[N+]=[N-]. The number of rotatable bonds is 7. The van der Waals surface area contributed by atoms with Crippen molar-refractivity contribution in [3.63, 3.8) is 0 Å². The van der Waals surface area contributed by atoms with Crippen molar-refractivity contribution < 1.29 is 20.4 Å². The number of nitrogens with zero attached hydrogens (tertiary/aromatic N) is 9. The predicted octanol–water partition coefficient (Wildman–Crippen LogP) is -0.147. The van der Waals surface area contributed by atoms with Gasteiger partial charge >= 0.3 is 0 Å². The lowest BCUT2D eigenvalue weighted by molar-refractivity contribution is -0.176. The molecule has 98 valence electrons. The van der Waals surface area contributed by atoms with E-state index in [1.54, 1.807) is 0 Å². The topological polar surface area (TPSA) is 227 Å². The Balaban J connectivity index is 6.03. The molecule has 0 saturated carbocycles. The molecule has 0 rings (SSSR count). The number of hydrogen-bond acceptors (Lipinski definition) is 7. The van der Waals surface area contributed by atoms with Crippen LogP contribution in [0.2, 0.25) is 0 Å². The zero-order valence-electron chi connectivity index (χ0n) is 8.81. The summed E-state index contributed by atoms with van der Waals surface area (Å²) in [6.07, 6.45) is -2.21. The summed E-state index contributed by atoms with van der Waals surface area (Å²) in [7, 11) is 0. The summed E-state index contributed by atoms with van der Waals surface area (Å²) in [6, 6.07) is 0. The molecule has 0 aliphatic rings. The molecule has 0 heterocycles. The lowest BCUT2D eigenvalue weighted by atomic mass is 9.82. The van der Waals surface area contributed by atoms with E-state index >= 15 is 0 Å². The van der Waals surface area contributed by atoms with Gasteiger partial charge in [-0.3, -0.25) is 0 Å². The molecule has 13 heteroatoms. The van der Waals surface area contributed by atoms with Gasteiger partial charge in [-0.15, -0.1) is 0 Å². The van der Waals surface area contributed by atoms with Gasteiger partial charge in [0.05, 0.1) is 18.6 Å². The molecular weight excluding hydrogens is 250 g/mol. The van der Waals surface area contributed by atoms with Crippen LogP contribution in [-0.4, -0.2) is 45.7 Å². The lowest BCUT2D eigenvalue weighted by Crippen LogP contribution is -2.57. The highest BCUT2D eigenvalue weighted by Crippen LogP contribution is 2.38. The van der Waals surface area contributed by atoms with Crippen molar-refractivity contribution in [1.29, 1.82) is 0 Å². The molecule has 0 aromatic carbocycles. The standard InChI is InChI=1S/C5H9N9O4/c6-12-9-3(17)4(1-15,2-16)5(18,10-13-7)11-14-8/h3,15-18H,1-2H2. The van der Waals surface area contributed by atoms with Crippen molar-refractivity contribution in [2.75, 3.05) is 13.2 Å². The Hall–Kier alpha value is -2.23. The number of hydrogen-bond donors (Lipinski definition) is 4. The minimum absolute atomic E-state index is 1.20. The molecule has 0 bridgehead atoms. The van der Waals surface area contributed by atoms with E-state index in [0.29, 0.717) is 0 Å². The third kappa shape index (κ3) is 2.53. The molecule has 13 nitrogen and oxygen atoms in total. The van der Waals surface area contributed by atoms with Gasteiger partial charge in [-0.2, -0.15) is 0 Å². The van der Waals surface area contributed by atoms with Crippen molar-refractivity contribution in [3.8, 4) is 0 Å². The van der Waals surface area contributed by atoms with E-state index in [2.05, 4.69) is 30.1 Å². The summed E-state index contributed by atoms with van der Waals surface area (Å²) < 4.78 is 0. The van der Waals surface area contributed by atoms with Crippen molar-refractivity contribution in [2.45, 2.75) is 12.1 Å². The molecule has 0 aromatic heterocycles. The van der Waals surface area contributed by atoms with Crippen LogP contribution < -0.4 is 0 Å². The molecular formula is C5H9N9O4. The van der Waals surface area contributed by atoms with Crippen LogP contribution in [0.5, 0.6) is 0 Å². The molecule has 0 amide bonds. The van der Waals surface area contributed by atoms with E-state index in [9.17, 15) is 10.2 Å². The maximum absolute atomic E-state index is 9.81. The van der Waals surface area contributed by atoms with Crippen LogP contribution in [0.25, 0.3) is 31.3 Å². The highest BCUT2D eigenvalue weighted by molar-refractivity contribution is 5.00. The Labute approximate surface area is 98.8 Å². The van der Waals surface area contributed by atoms with Crippen LogP contribution in [0.3, 0.4) is 0 Å². The van der Waals surface area contributed by atoms with E-state index in [4.69, 9.17) is 26.8 Å². The molecule has 0 aromatic rings. The fourth-order valence-electron chi connectivity index (χ4n) is 1.10.